The molecule has 1 heterocycles. The fourth-order valence-electron chi connectivity index (χ4n) is 1.56. The number of nitrogens with one attached hydrogen (secondary N) is 1. The van der Waals surface area contributed by atoms with E-state index in [-0.39, 0.29) is 17.5 Å². The molecule has 0 unspecified atom stereocenters. The van der Waals surface area contributed by atoms with Crippen LogP contribution in [0.4, 0.5) is 5.95 Å². The summed E-state index contributed by atoms with van der Waals surface area (Å²) in [6.07, 6.45) is 0. The second kappa shape index (κ2) is 5.90. The Morgan fingerprint density at radius 1 is 1.05 bits per heavy atom. The number of benzene rings is 1. The number of aromatic hydroxyl groups is 1. The number of rotatable bonds is 5. The Bertz CT molecular complexity index is 521. The second-order valence-corrected chi connectivity index (χ2v) is 3.75. The van der Waals surface area contributed by atoms with Gasteiger partial charge in [-0.15, -0.1) is 0 Å². The number of hydrogen-bond acceptors (Lipinski definition) is 6. The van der Waals surface area contributed by atoms with Crippen molar-refractivity contribution in [2.24, 2.45) is 0 Å². The molecular formula is C13H15N3O3. The smallest absolute Gasteiger partial charge is 0.265 e. The molecule has 2 N–H and O–H groups in total. The van der Waals surface area contributed by atoms with E-state index in [9.17, 15) is 5.11 Å². The van der Waals surface area contributed by atoms with Gasteiger partial charge in [0.2, 0.25) is 11.7 Å². The summed E-state index contributed by atoms with van der Waals surface area (Å²) >= 11 is 0. The molecule has 0 saturated heterocycles. The molecule has 0 fully saturated rings. The highest BCUT2D eigenvalue weighted by Gasteiger charge is 2.14. The van der Waals surface area contributed by atoms with E-state index in [4.69, 9.17) is 9.47 Å². The third kappa shape index (κ3) is 3.04. The zero-order valence-corrected chi connectivity index (χ0v) is 10.8. The molecule has 0 aliphatic rings. The largest absolute Gasteiger partial charge is 0.499 e. The molecule has 6 heteroatoms. The molecule has 19 heavy (non-hydrogen) atoms. The van der Waals surface area contributed by atoms with Gasteiger partial charge in [0, 0.05) is 6.54 Å². The lowest BCUT2D eigenvalue weighted by atomic mass is 10.2. The van der Waals surface area contributed by atoms with E-state index in [1.807, 2.05) is 30.3 Å². The zero-order chi connectivity index (χ0) is 13.7. The van der Waals surface area contributed by atoms with Crippen molar-refractivity contribution >= 4 is 5.95 Å². The molecule has 100 valence electrons. The summed E-state index contributed by atoms with van der Waals surface area (Å²) in [4.78, 5) is 8.08. The average Bonchev–Trinajstić information content (AvgIpc) is 2.47. The Hall–Kier alpha value is -2.50. The summed E-state index contributed by atoms with van der Waals surface area (Å²) in [5, 5.41) is 12.7. The number of nitrogens with zero attached hydrogens (tertiary/aromatic N) is 2. The minimum absolute atomic E-state index is 0.0717. The monoisotopic (exact) mass is 261 g/mol. The maximum absolute atomic E-state index is 9.70. The summed E-state index contributed by atoms with van der Waals surface area (Å²) in [5.74, 6) is 0.260. The summed E-state index contributed by atoms with van der Waals surface area (Å²) in [6.45, 7) is 0.567. The van der Waals surface area contributed by atoms with Crippen molar-refractivity contribution in [2.45, 2.75) is 6.54 Å². The maximum atomic E-state index is 9.70. The van der Waals surface area contributed by atoms with Crippen LogP contribution in [0, 0.1) is 0 Å². The molecule has 1 aromatic carbocycles. The molecule has 0 atom stereocenters. The highest BCUT2D eigenvalue weighted by atomic mass is 16.5. The van der Waals surface area contributed by atoms with Gasteiger partial charge in [-0.05, 0) is 5.56 Å². The van der Waals surface area contributed by atoms with E-state index in [2.05, 4.69) is 15.3 Å². The lowest BCUT2D eigenvalue weighted by molar-refractivity contribution is 0.321. The molecule has 6 nitrogen and oxygen atoms in total. The van der Waals surface area contributed by atoms with Gasteiger partial charge in [0.15, 0.2) is 0 Å². The molecule has 0 amide bonds. The number of aromatic nitrogens is 2. The Morgan fingerprint density at radius 3 is 2.16 bits per heavy atom. The van der Waals surface area contributed by atoms with Crippen molar-refractivity contribution in [1.29, 1.82) is 0 Å². The number of methoxy groups -OCH3 is 2. The van der Waals surface area contributed by atoms with Crippen LogP contribution in [0.1, 0.15) is 5.56 Å². The number of hydrogen-bond donors (Lipinski definition) is 2. The van der Waals surface area contributed by atoms with E-state index in [0.717, 1.165) is 5.56 Å². The number of ether oxygens (including phenoxy) is 2. The van der Waals surface area contributed by atoms with Crippen LogP contribution in [0.15, 0.2) is 30.3 Å². The first-order chi connectivity index (χ1) is 9.24. The van der Waals surface area contributed by atoms with Crippen molar-refractivity contribution < 1.29 is 14.6 Å². The summed E-state index contributed by atoms with van der Waals surface area (Å²) in [7, 11) is 2.84. The Morgan fingerprint density at radius 2 is 1.63 bits per heavy atom. The topological polar surface area (TPSA) is 76.5 Å². The van der Waals surface area contributed by atoms with Crippen LogP contribution in [-0.4, -0.2) is 29.3 Å². The van der Waals surface area contributed by atoms with Crippen LogP contribution in [0.25, 0.3) is 0 Å². The molecule has 0 bridgehead atoms. The molecule has 1 aromatic heterocycles. The van der Waals surface area contributed by atoms with Gasteiger partial charge in [-0.1, -0.05) is 30.3 Å². The van der Waals surface area contributed by atoms with Crippen LogP contribution in [0.3, 0.4) is 0 Å². The standard InChI is InChI=1S/C13H15N3O3/c1-18-11-10(17)12(19-2)16-13(15-11)14-8-9-6-4-3-5-7-9/h3-7,17H,8H2,1-2H3,(H,14,15,16). The van der Waals surface area contributed by atoms with Gasteiger partial charge >= 0.3 is 0 Å². The van der Waals surface area contributed by atoms with Crippen LogP contribution in [0.2, 0.25) is 0 Å². The fourth-order valence-corrected chi connectivity index (χ4v) is 1.56. The Labute approximate surface area is 111 Å². The first kappa shape index (κ1) is 12.9. The molecule has 0 aliphatic carbocycles. The molecular weight excluding hydrogens is 246 g/mol. The van der Waals surface area contributed by atoms with Gasteiger partial charge in [0.25, 0.3) is 11.8 Å². The van der Waals surface area contributed by atoms with Crippen molar-refractivity contribution in [3.8, 4) is 17.5 Å². The molecule has 0 radical (unpaired) electrons. The predicted octanol–water partition coefficient (Wildman–Crippen LogP) is 1.81. The Balaban J connectivity index is 2.16. The van der Waals surface area contributed by atoms with Gasteiger partial charge in [0.1, 0.15) is 0 Å². The van der Waals surface area contributed by atoms with Crippen LogP contribution >= 0.6 is 0 Å². The fraction of sp³-hybridized carbons (Fsp3) is 0.231. The highest BCUT2D eigenvalue weighted by molar-refractivity contribution is 5.46. The minimum atomic E-state index is -0.213. The predicted molar refractivity (Wildman–Crippen MR) is 70.6 cm³/mol. The molecule has 2 aromatic rings. The van der Waals surface area contributed by atoms with Gasteiger partial charge in [-0.3, -0.25) is 0 Å². The van der Waals surface area contributed by atoms with Crippen LogP contribution in [-0.2, 0) is 6.54 Å². The van der Waals surface area contributed by atoms with Gasteiger partial charge in [-0.25, -0.2) is 0 Å². The van der Waals surface area contributed by atoms with Crippen molar-refractivity contribution in [1.82, 2.24) is 9.97 Å². The first-order valence-electron chi connectivity index (χ1n) is 5.71. The van der Waals surface area contributed by atoms with Gasteiger partial charge in [0.05, 0.1) is 14.2 Å². The van der Waals surface area contributed by atoms with E-state index in [1.165, 1.54) is 14.2 Å². The maximum Gasteiger partial charge on any atom is 0.265 e. The van der Waals surface area contributed by atoms with E-state index in [0.29, 0.717) is 12.5 Å². The normalized spacial score (nSPS) is 10.0. The highest BCUT2D eigenvalue weighted by Crippen LogP contribution is 2.33. The lowest BCUT2D eigenvalue weighted by Crippen LogP contribution is -2.05. The number of anilines is 1. The van der Waals surface area contributed by atoms with Gasteiger partial charge < -0.3 is 19.9 Å². The second-order valence-electron chi connectivity index (χ2n) is 3.75. The average molecular weight is 261 g/mol. The molecule has 0 saturated carbocycles. The molecule has 2 rings (SSSR count). The van der Waals surface area contributed by atoms with E-state index >= 15 is 0 Å². The third-order valence-corrected chi connectivity index (χ3v) is 2.50. The van der Waals surface area contributed by atoms with Crippen molar-refractivity contribution in [3.05, 3.63) is 35.9 Å². The van der Waals surface area contributed by atoms with E-state index in [1.54, 1.807) is 0 Å². The molecule has 0 aliphatic heterocycles. The summed E-state index contributed by atoms with van der Waals surface area (Å²) in [5.41, 5.74) is 1.09. The summed E-state index contributed by atoms with van der Waals surface area (Å²) in [6, 6.07) is 9.84. The minimum Gasteiger partial charge on any atom is -0.499 e. The molecule has 0 spiro atoms. The van der Waals surface area contributed by atoms with Crippen LogP contribution in [0.5, 0.6) is 17.5 Å². The Kier molecular flexibility index (Phi) is 4.02. The first-order valence-corrected chi connectivity index (χ1v) is 5.71. The zero-order valence-electron chi connectivity index (χ0n) is 10.8. The quantitative estimate of drug-likeness (QED) is 0.854. The van der Waals surface area contributed by atoms with Crippen LogP contribution < -0.4 is 14.8 Å². The SMILES string of the molecule is COc1nc(NCc2ccccc2)nc(OC)c1O. The third-order valence-electron chi connectivity index (χ3n) is 2.50. The summed E-state index contributed by atoms with van der Waals surface area (Å²) < 4.78 is 9.92. The lowest BCUT2D eigenvalue weighted by Gasteiger charge is -2.10. The van der Waals surface area contributed by atoms with Crippen molar-refractivity contribution in [3.63, 3.8) is 0 Å². The van der Waals surface area contributed by atoms with Crippen molar-refractivity contribution in [2.75, 3.05) is 19.5 Å². The van der Waals surface area contributed by atoms with Gasteiger partial charge in [-0.2, -0.15) is 9.97 Å². The van der Waals surface area contributed by atoms with E-state index < -0.39 is 0 Å².